The number of hydrogen-bond acceptors (Lipinski definition) is 4. The van der Waals surface area contributed by atoms with E-state index in [2.05, 4.69) is 10.3 Å². The molecule has 2 rings (SSSR count). The van der Waals surface area contributed by atoms with E-state index < -0.39 is 5.97 Å². The first kappa shape index (κ1) is 16.0. The van der Waals surface area contributed by atoms with Gasteiger partial charge in [-0.05, 0) is 30.2 Å². The number of carbonyl (C=O) groups is 2. The number of aryl methyl sites for hydroxylation is 1. The molecule has 1 heterocycles. The van der Waals surface area contributed by atoms with E-state index in [9.17, 15) is 9.59 Å². The lowest BCUT2D eigenvalue weighted by Crippen LogP contribution is -2.17. The number of carbonyl (C=O) groups excluding carboxylic acids is 2. The molecule has 0 aliphatic rings. The van der Waals surface area contributed by atoms with E-state index in [0.29, 0.717) is 23.2 Å². The molecule has 0 atom stereocenters. The highest BCUT2D eigenvalue weighted by Gasteiger charge is 2.17. The molecule has 0 saturated heterocycles. The monoisotopic (exact) mass is 318 g/mol. The van der Waals surface area contributed by atoms with E-state index in [-0.39, 0.29) is 11.1 Å². The van der Waals surface area contributed by atoms with Crippen LogP contribution in [0.25, 0.3) is 0 Å². The standard InChI is InChI=1S/C16H15ClN2O3/c1-3-10-5-4-6-12(16(21)22-2)14(10)19-15(20)11-7-8-18-13(17)9-11/h4-9H,3H2,1-2H3,(H,19,20). The minimum atomic E-state index is -0.502. The van der Waals surface area contributed by atoms with Crippen molar-refractivity contribution < 1.29 is 14.3 Å². The van der Waals surface area contributed by atoms with Crippen molar-refractivity contribution in [2.24, 2.45) is 0 Å². The number of amides is 1. The molecule has 1 N–H and O–H groups in total. The molecule has 1 aromatic carbocycles. The first-order chi connectivity index (χ1) is 10.6. The summed E-state index contributed by atoms with van der Waals surface area (Å²) in [5, 5.41) is 2.99. The fraction of sp³-hybridized carbons (Fsp3) is 0.188. The Morgan fingerprint density at radius 3 is 2.73 bits per heavy atom. The summed E-state index contributed by atoms with van der Waals surface area (Å²) in [7, 11) is 1.30. The fourth-order valence-electron chi connectivity index (χ4n) is 2.05. The van der Waals surface area contributed by atoms with E-state index in [1.54, 1.807) is 18.2 Å². The number of hydrogen-bond donors (Lipinski definition) is 1. The third kappa shape index (κ3) is 3.43. The van der Waals surface area contributed by atoms with E-state index in [0.717, 1.165) is 5.56 Å². The molecule has 1 aromatic heterocycles. The maximum atomic E-state index is 12.3. The van der Waals surface area contributed by atoms with Crippen LogP contribution in [-0.4, -0.2) is 24.0 Å². The van der Waals surface area contributed by atoms with Crippen LogP contribution in [0.5, 0.6) is 0 Å². The van der Waals surface area contributed by atoms with Gasteiger partial charge in [-0.3, -0.25) is 4.79 Å². The summed E-state index contributed by atoms with van der Waals surface area (Å²) < 4.78 is 4.76. The molecular weight excluding hydrogens is 304 g/mol. The van der Waals surface area contributed by atoms with Gasteiger partial charge in [0.25, 0.3) is 5.91 Å². The number of nitrogens with zero attached hydrogens (tertiary/aromatic N) is 1. The van der Waals surface area contributed by atoms with Crippen LogP contribution >= 0.6 is 11.6 Å². The Kier molecular flexibility index (Phi) is 5.12. The normalized spacial score (nSPS) is 10.1. The third-order valence-electron chi connectivity index (χ3n) is 3.16. The van der Waals surface area contributed by atoms with Crippen molar-refractivity contribution in [1.29, 1.82) is 0 Å². The molecule has 6 heteroatoms. The van der Waals surface area contributed by atoms with E-state index in [4.69, 9.17) is 16.3 Å². The maximum Gasteiger partial charge on any atom is 0.339 e. The molecule has 0 spiro atoms. The molecule has 0 unspecified atom stereocenters. The second-order valence-corrected chi connectivity index (χ2v) is 4.89. The maximum absolute atomic E-state index is 12.3. The molecule has 0 aliphatic carbocycles. The summed E-state index contributed by atoms with van der Waals surface area (Å²) in [5.41, 5.74) is 1.98. The van der Waals surface area contributed by atoms with Crippen LogP contribution in [0.4, 0.5) is 5.69 Å². The largest absolute Gasteiger partial charge is 0.465 e. The lowest BCUT2D eigenvalue weighted by molar-refractivity contribution is 0.0602. The van der Waals surface area contributed by atoms with Crippen LogP contribution in [0.15, 0.2) is 36.5 Å². The van der Waals surface area contributed by atoms with Gasteiger partial charge in [0.2, 0.25) is 0 Å². The average Bonchev–Trinajstić information content (AvgIpc) is 2.54. The van der Waals surface area contributed by atoms with Crippen molar-refractivity contribution in [1.82, 2.24) is 4.98 Å². The quantitative estimate of drug-likeness (QED) is 0.693. The molecule has 0 radical (unpaired) electrons. The zero-order chi connectivity index (χ0) is 16.1. The number of anilines is 1. The summed E-state index contributed by atoms with van der Waals surface area (Å²) in [4.78, 5) is 28.1. The Morgan fingerprint density at radius 2 is 2.09 bits per heavy atom. The summed E-state index contributed by atoms with van der Waals surface area (Å²) in [5.74, 6) is -0.867. The van der Waals surface area contributed by atoms with Gasteiger partial charge in [-0.25, -0.2) is 9.78 Å². The first-order valence-corrected chi connectivity index (χ1v) is 7.07. The average molecular weight is 319 g/mol. The topological polar surface area (TPSA) is 68.3 Å². The van der Waals surface area contributed by atoms with Crippen LogP contribution in [0, 0.1) is 0 Å². The highest BCUT2D eigenvalue weighted by atomic mass is 35.5. The Balaban J connectivity index is 2.39. The van der Waals surface area contributed by atoms with Gasteiger partial charge in [0.1, 0.15) is 5.15 Å². The Bertz CT molecular complexity index is 716. The number of halogens is 1. The van der Waals surface area contributed by atoms with Crippen LogP contribution in [0.2, 0.25) is 5.15 Å². The van der Waals surface area contributed by atoms with Gasteiger partial charge in [-0.15, -0.1) is 0 Å². The van der Waals surface area contributed by atoms with Crippen molar-refractivity contribution in [3.05, 3.63) is 58.4 Å². The second kappa shape index (κ2) is 7.04. The van der Waals surface area contributed by atoms with Gasteiger partial charge in [0, 0.05) is 11.8 Å². The molecule has 0 bridgehead atoms. The molecule has 0 fully saturated rings. The summed E-state index contributed by atoms with van der Waals surface area (Å²) in [6, 6.07) is 8.22. The number of para-hydroxylation sites is 1. The number of rotatable bonds is 4. The number of aromatic nitrogens is 1. The van der Waals surface area contributed by atoms with Crippen molar-refractivity contribution in [2.75, 3.05) is 12.4 Å². The first-order valence-electron chi connectivity index (χ1n) is 6.70. The fourth-order valence-corrected chi connectivity index (χ4v) is 2.23. The highest BCUT2D eigenvalue weighted by Crippen LogP contribution is 2.23. The number of methoxy groups -OCH3 is 1. The Morgan fingerprint density at radius 1 is 1.32 bits per heavy atom. The van der Waals surface area contributed by atoms with Crippen molar-refractivity contribution in [3.63, 3.8) is 0 Å². The summed E-state index contributed by atoms with van der Waals surface area (Å²) in [6.07, 6.45) is 2.11. The van der Waals surface area contributed by atoms with E-state index in [1.165, 1.54) is 19.4 Å². The minimum Gasteiger partial charge on any atom is -0.465 e. The predicted molar refractivity (Wildman–Crippen MR) is 84.4 cm³/mol. The molecule has 0 saturated carbocycles. The molecule has 1 amide bonds. The van der Waals surface area contributed by atoms with Gasteiger partial charge in [-0.1, -0.05) is 30.7 Å². The minimum absolute atomic E-state index is 0.226. The molecular formula is C16H15ClN2O3. The van der Waals surface area contributed by atoms with Gasteiger partial charge in [-0.2, -0.15) is 0 Å². The van der Waals surface area contributed by atoms with Gasteiger partial charge in [0.15, 0.2) is 0 Å². The number of benzene rings is 1. The molecule has 0 aliphatic heterocycles. The van der Waals surface area contributed by atoms with Crippen molar-refractivity contribution >= 4 is 29.2 Å². The van der Waals surface area contributed by atoms with Crippen LogP contribution in [0.3, 0.4) is 0 Å². The zero-order valence-corrected chi connectivity index (χ0v) is 13.0. The third-order valence-corrected chi connectivity index (χ3v) is 3.37. The molecule has 114 valence electrons. The SMILES string of the molecule is CCc1cccc(C(=O)OC)c1NC(=O)c1ccnc(Cl)c1. The van der Waals surface area contributed by atoms with Gasteiger partial charge >= 0.3 is 5.97 Å². The van der Waals surface area contributed by atoms with E-state index in [1.807, 2.05) is 13.0 Å². The van der Waals surface area contributed by atoms with E-state index >= 15 is 0 Å². The number of nitrogens with one attached hydrogen (secondary N) is 1. The lowest BCUT2D eigenvalue weighted by Gasteiger charge is -2.14. The lowest BCUT2D eigenvalue weighted by atomic mass is 10.0. The zero-order valence-electron chi connectivity index (χ0n) is 12.2. The Hall–Kier alpha value is -2.40. The van der Waals surface area contributed by atoms with Crippen LogP contribution in [-0.2, 0) is 11.2 Å². The molecule has 5 nitrogen and oxygen atoms in total. The van der Waals surface area contributed by atoms with Crippen LogP contribution < -0.4 is 5.32 Å². The molecule has 2 aromatic rings. The number of esters is 1. The smallest absolute Gasteiger partial charge is 0.339 e. The molecule has 22 heavy (non-hydrogen) atoms. The summed E-state index contributed by atoms with van der Waals surface area (Å²) >= 11 is 5.79. The van der Waals surface area contributed by atoms with Crippen molar-refractivity contribution in [2.45, 2.75) is 13.3 Å². The van der Waals surface area contributed by atoms with Crippen LogP contribution in [0.1, 0.15) is 33.2 Å². The van der Waals surface area contributed by atoms with Gasteiger partial charge in [0.05, 0.1) is 18.4 Å². The number of ether oxygens (including phenoxy) is 1. The predicted octanol–water partition coefficient (Wildman–Crippen LogP) is 3.34. The Labute approximate surface area is 133 Å². The van der Waals surface area contributed by atoms with Crippen molar-refractivity contribution in [3.8, 4) is 0 Å². The number of pyridine rings is 1. The second-order valence-electron chi connectivity index (χ2n) is 4.51. The highest BCUT2D eigenvalue weighted by molar-refractivity contribution is 6.29. The van der Waals surface area contributed by atoms with Gasteiger partial charge < -0.3 is 10.1 Å². The summed E-state index contributed by atoms with van der Waals surface area (Å²) in [6.45, 7) is 1.94.